The van der Waals surface area contributed by atoms with Gasteiger partial charge in [-0.25, -0.2) is 0 Å². The number of rotatable bonds is 6. The summed E-state index contributed by atoms with van der Waals surface area (Å²) in [4.78, 5) is 25.3. The van der Waals surface area contributed by atoms with E-state index in [2.05, 4.69) is 10.3 Å². The number of hydrogen-bond donors (Lipinski definition) is 2. The summed E-state index contributed by atoms with van der Waals surface area (Å²) < 4.78 is 4.76. The number of H-pyrrole nitrogens is 1. The molecule has 0 spiro atoms. The van der Waals surface area contributed by atoms with E-state index in [4.69, 9.17) is 27.9 Å². The van der Waals surface area contributed by atoms with E-state index in [1.54, 1.807) is 6.92 Å². The maximum atomic E-state index is 11.6. The van der Waals surface area contributed by atoms with Gasteiger partial charge < -0.3 is 15.0 Å². The van der Waals surface area contributed by atoms with Crippen molar-refractivity contribution in [3.05, 3.63) is 21.9 Å². The van der Waals surface area contributed by atoms with Crippen LogP contribution in [-0.4, -0.2) is 30.0 Å². The molecule has 1 rings (SSSR count). The third-order valence-corrected chi connectivity index (χ3v) is 2.81. The van der Waals surface area contributed by atoms with Crippen molar-refractivity contribution in [1.82, 2.24) is 10.3 Å². The van der Waals surface area contributed by atoms with Crippen molar-refractivity contribution in [2.75, 3.05) is 13.2 Å². The average molecular weight is 293 g/mol. The van der Waals surface area contributed by atoms with Gasteiger partial charge in [-0.3, -0.25) is 9.59 Å². The first kappa shape index (κ1) is 14.9. The summed E-state index contributed by atoms with van der Waals surface area (Å²) in [5, 5.41) is 3.17. The lowest BCUT2D eigenvalue weighted by Gasteiger charge is -2.03. The number of halogens is 2. The van der Waals surface area contributed by atoms with E-state index < -0.39 is 0 Å². The monoisotopic (exact) mass is 292 g/mol. The summed E-state index contributed by atoms with van der Waals surface area (Å²) in [5.74, 6) is -0.578. The molecule has 0 aliphatic rings. The molecule has 7 heteroatoms. The van der Waals surface area contributed by atoms with Gasteiger partial charge in [0.2, 0.25) is 0 Å². The molecule has 0 unspecified atom stereocenters. The molecule has 1 aromatic heterocycles. The largest absolute Gasteiger partial charge is 0.466 e. The lowest BCUT2D eigenvalue weighted by Crippen LogP contribution is -2.25. The van der Waals surface area contributed by atoms with Gasteiger partial charge in [0.05, 0.1) is 11.6 Å². The van der Waals surface area contributed by atoms with Crippen LogP contribution in [0.3, 0.4) is 0 Å². The minimum absolute atomic E-state index is 0.230. The van der Waals surface area contributed by atoms with Gasteiger partial charge in [0.25, 0.3) is 5.91 Å². The van der Waals surface area contributed by atoms with E-state index in [0.717, 1.165) is 0 Å². The topological polar surface area (TPSA) is 71.2 Å². The Bertz CT molecular complexity index is 412. The molecule has 1 amide bonds. The quantitative estimate of drug-likeness (QED) is 0.625. The fourth-order valence-corrected chi connectivity index (χ4v) is 1.60. The Hall–Kier alpha value is -1.20. The van der Waals surface area contributed by atoms with Crippen molar-refractivity contribution in [3.63, 3.8) is 0 Å². The molecular formula is C11H14Cl2N2O3. The highest BCUT2D eigenvalue weighted by Gasteiger charge is 2.11. The summed E-state index contributed by atoms with van der Waals surface area (Å²) in [5.41, 5.74) is 0.293. The van der Waals surface area contributed by atoms with Gasteiger partial charge in [-0.15, -0.1) is 0 Å². The van der Waals surface area contributed by atoms with Gasteiger partial charge in [-0.05, 0) is 19.4 Å². The first-order chi connectivity index (χ1) is 8.54. The van der Waals surface area contributed by atoms with Gasteiger partial charge in [-0.1, -0.05) is 23.2 Å². The fraction of sp³-hybridized carbons (Fsp3) is 0.455. The summed E-state index contributed by atoms with van der Waals surface area (Å²) in [6, 6.07) is 1.45. The van der Waals surface area contributed by atoms with Crippen molar-refractivity contribution in [1.29, 1.82) is 0 Å². The highest BCUT2D eigenvalue weighted by Crippen LogP contribution is 2.21. The van der Waals surface area contributed by atoms with Crippen molar-refractivity contribution >= 4 is 35.1 Å². The van der Waals surface area contributed by atoms with Crippen LogP contribution in [-0.2, 0) is 9.53 Å². The smallest absolute Gasteiger partial charge is 0.305 e. The Morgan fingerprint density at radius 3 is 2.72 bits per heavy atom. The third kappa shape index (κ3) is 4.58. The maximum Gasteiger partial charge on any atom is 0.305 e. The van der Waals surface area contributed by atoms with E-state index in [9.17, 15) is 9.59 Å². The van der Waals surface area contributed by atoms with Crippen LogP contribution in [0.5, 0.6) is 0 Å². The highest BCUT2D eigenvalue weighted by molar-refractivity contribution is 6.41. The molecule has 0 saturated carbocycles. The molecule has 18 heavy (non-hydrogen) atoms. The van der Waals surface area contributed by atoms with Gasteiger partial charge in [-0.2, -0.15) is 0 Å². The van der Waals surface area contributed by atoms with Crippen molar-refractivity contribution in [3.8, 4) is 0 Å². The molecule has 0 aromatic carbocycles. The van der Waals surface area contributed by atoms with Crippen LogP contribution in [0.1, 0.15) is 30.3 Å². The van der Waals surface area contributed by atoms with Crippen LogP contribution in [0, 0.1) is 0 Å². The van der Waals surface area contributed by atoms with Gasteiger partial charge in [0.15, 0.2) is 0 Å². The summed E-state index contributed by atoms with van der Waals surface area (Å²) in [6.45, 7) is 2.50. The molecule has 0 radical (unpaired) electrons. The lowest BCUT2D eigenvalue weighted by atomic mass is 10.3. The molecule has 5 nitrogen and oxygen atoms in total. The molecule has 2 N–H and O–H groups in total. The minimum atomic E-state index is -0.312. The van der Waals surface area contributed by atoms with E-state index in [1.807, 2.05) is 0 Å². The molecule has 0 bridgehead atoms. The second kappa shape index (κ2) is 7.28. The molecule has 0 saturated heterocycles. The van der Waals surface area contributed by atoms with Crippen LogP contribution in [0.4, 0.5) is 0 Å². The fourth-order valence-electron chi connectivity index (χ4n) is 1.29. The number of ether oxygens (including phenoxy) is 1. The number of amides is 1. The predicted molar refractivity (Wildman–Crippen MR) is 69.0 cm³/mol. The number of aromatic amines is 1. The second-order valence-corrected chi connectivity index (χ2v) is 4.29. The van der Waals surface area contributed by atoms with E-state index >= 15 is 0 Å². The molecule has 1 aromatic rings. The van der Waals surface area contributed by atoms with E-state index in [0.29, 0.717) is 30.3 Å². The van der Waals surface area contributed by atoms with Crippen LogP contribution in [0.2, 0.25) is 10.2 Å². The van der Waals surface area contributed by atoms with Crippen LogP contribution in [0.25, 0.3) is 0 Å². The van der Waals surface area contributed by atoms with Crippen molar-refractivity contribution in [2.45, 2.75) is 19.8 Å². The van der Waals surface area contributed by atoms with Gasteiger partial charge >= 0.3 is 5.97 Å². The number of hydrogen-bond acceptors (Lipinski definition) is 3. The zero-order valence-electron chi connectivity index (χ0n) is 9.89. The Kier molecular flexibility index (Phi) is 6.01. The Balaban J connectivity index is 2.27. The number of aromatic nitrogens is 1. The average Bonchev–Trinajstić information content (AvgIpc) is 2.65. The Morgan fingerprint density at radius 1 is 1.44 bits per heavy atom. The first-order valence-electron chi connectivity index (χ1n) is 5.52. The number of carbonyl (C=O) groups excluding carboxylic acids is 2. The molecule has 1 heterocycles. The third-order valence-electron chi connectivity index (χ3n) is 2.12. The van der Waals surface area contributed by atoms with Crippen molar-refractivity contribution in [2.24, 2.45) is 0 Å². The normalized spacial score (nSPS) is 10.2. The van der Waals surface area contributed by atoms with Crippen molar-refractivity contribution < 1.29 is 14.3 Å². The van der Waals surface area contributed by atoms with Gasteiger partial charge in [0.1, 0.15) is 10.8 Å². The van der Waals surface area contributed by atoms with Crippen LogP contribution >= 0.6 is 23.2 Å². The summed E-state index contributed by atoms with van der Waals surface area (Å²) in [7, 11) is 0. The zero-order valence-corrected chi connectivity index (χ0v) is 11.4. The SMILES string of the molecule is CCOC(=O)CCCNC(=O)c1cc(Cl)c(Cl)[nH]1. The summed E-state index contributed by atoms with van der Waals surface area (Å²) >= 11 is 11.4. The molecular weight excluding hydrogens is 279 g/mol. The lowest BCUT2D eigenvalue weighted by molar-refractivity contribution is -0.143. The van der Waals surface area contributed by atoms with Crippen LogP contribution < -0.4 is 5.32 Å². The van der Waals surface area contributed by atoms with Crippen LogP contribution in [0.15, 0.2) is 6.07 Å². The minimum Gasteiger partial charge on any atom is -0.466 e. The standard InChI is InChI=1S/C11H14Cl2N2O3/c1-2-18-9(16)4-3-5-14-11(17)8-6-7(12)10(13)15-8/h6,15H,2-5H2,1H3,(H,14,17). The maximum absolute atomic E-state index is 11.6. The van der Waals surface area contributed by atoms with E-state index in [1.165, 1.54) is 6.07 Å². The first-order valence-corrected chi connectivity index (χ1v) is 6.28. The second-order valence-electron chi connectivity index (χ2n) is 3.51. The molecule has 0 aliphatic carbocycles. The number of carbonyl (C=O) groups is 2. The predicted octanol–water partition coefficient (Wildman–Crippen LogP) is 2.39. The molecule has 100 valence electrons. The van der Waals surface area contributed by atoms with E-state index in [-0.39, 0.29) is 23.5 Å². The number of nitrogens with one attached hydrogen (secondary N) is 2. The molecule has 0 aliphatic heterocycles. The Labute approximate surface area is 115 Å². The number of esters is 1. The van der Waals surface area contributed by atoms with Gasteiger partial charge in [0, 0.05) is 13.0 Å². The molecule has 0 atom stereocenters. The highest BCUT2D eigenvalue weighted by atomic mass is 35.5. The summed E-state index contributed by atoms with van der Waals surface area (Å²) in [6.07, 6.45) is 0.799. The Morgan fingerprint density at radius 2 is 2.17 bits per heavy atom. The molecule has 0 fully saturated rings. The zero-order chi connectivity index (χ0) is 13.5.